The molecule has 2 rings (SSSR count). The third-order valence-electron chi connectivity index (χ3n) is 3.85. The Kier molecular flexibility index (Phi) is 6.50. The summed E-state index contributed by atoms with van der Waals surface area (Å²) in [6.07, 6.45) is 6.31. The largest absolute Gasteiger partial charge is 0.483 e. The first-order valence-electron chi connectivity index (χ1n) is 8.69. The van der Waals surface area contributed by atoms with Gasteiger partial charge >= 0.3 is 11.8 Å². The Bertz CT molecular complexity index is 735. The van der Waals surface area contributed by atoms with Gasteiger partial charge in [0.2, 0.25) is 5.75 Å². The number of terminal acetylenes is 1. The quantitative estimate of drug-likeness (QED) is 0.464. The third kappa shape index (κ3) is 6.37. The van der Waals surface area contributed by atoms with Crippen LogP contribution in [0.25, 0.3) is 0 Å². The van der Waals surface area contributed by atoms with E-state index in [1.165, 1.54) is 18.2 Å². The Morgan fingerprint density at radius 2 is 2.15 bits per heavy atom. The van der Waals surface area contributed by atoms with Gasteiger partial charge in [0.25, 0.3) is 0 Å². The number of nitro benzene ring substituents is 1. The molecule has 8 heteroatoms. The van der Waals surface area contributed by atoms with Crippen molar-refractivity contribution in [2.45, 2.75) is 57.8 Å². The first-order valence-corrected chi connectivity index (χ1v) is 8.69. The molecule has 1 amide bonds. The highest BCUT2D eigenvalue weighted by molar-refractivity contribution is 5.68. The molecule has 0 radical (unpaired) electrons. The first-order chi connectivity index (χ1) is 12.7. The van der Waals surface area contributed by atoms with Crippen molar-refractivity contribution >= 4 is 11.8 Å². The maximum absolute atomic E-state index is 11.9. The highest BCUT2D eigenvalue weighted by Crippen LogP contribution is 2.34. The number of nitrogens with zero attached hydrogens (tertiary/aromatic N) is 1. The molecule has 2 atom stereocenters. The number of amides is 1. The summed E-state index contributed by atoms with van der Waals surface area (Å²) >= 11 is 0. The molecular formula is C19H24N2O6. The smallest absolute Gasteiger partial charge is 0.407 e. The predicted octanol–water partition coefficient (Wildman–Crippen LogP) is 3.43. The highest BCUT2D eigenvalue weighted by Gasteiger charge is 2.30. The molecule has 1 aliphatic rings. The number of benzene rings is 1. The summed E-state index contributed by atoms with van der Waals surface area (Å²) in [5, 5.41) is 14.0. The van der Waals surface area contributed by atoms with Gasteiger partial charge in [-0.25, -0.2) is 4.79 Å². The molecule has 0 saturated heterocycles. The van der Waals surface area contributed by atoms with Gasteiger partial charge in [0.1, 0.15) is 24.1 Å². The lowest BCUT2D eigenvalue weighted by Crippen LogP contribution is -2.38. The number of nitro groups is 1. The van der Waals surface area contributed by atoms with Gasteiger partial charge in [-0.15, -0.1) is 6.42 Å². The Hall–Kier alpha value is -2.95. The van der Waals surface area contributed by atoms with E-state index in [1.807, 2.05) is 0 Å². The maximum Gasteiger partial charge on any atom is 0.407 e. The Balaban J connectivity index is 1.99. The third-order valence-corrected chi connectivity index (χ3v) is 3.85. The number of ether oxygens (including phenoxy) is 3. The van der Waals surface area contributed by atoms with E-state index in [2.05, 4.69) is 11.2 Å². The summed E-state index contributed by atoms with van der Waals surface area (Å²) in [4.78, 5) is 22.6. The molecule has 0 spiro atoms. The number of alkyl carbamates (subject to hydrolysis) is 1. The molecule has 0 bridgehead atoms. The normalized spacial score (nSPS) is 19.0. The topological polar surface area (TPSA) is 99.9 Å². The van der Waals surface area contributed by atoms with E-state index in [0.717, 1.165) is 0 Å². The van der Waals surface area contributed by atoms with Crippen molar-refractivity contribution in [1.82, 2.24) is 5.32 Å². The molecule has 1 aliphatic carbocycles. The van der Waals surface area contributed by atoms with Crippen molar-refractivity contribution in [3.63, 3.8) is 0 Å². The maximum atomic E-state index is 11.9. The summed E-state index contributed by atoms with van der Waals surface area (Å²) < 4.78 is 16.4. The van der Waals surface area contributed by atoms with Gasteiger partial charge in [-0.3, -0.25) is 10.1 Å². The van der Waals surface area contributed by atoms with Crippen LogP contribution in [0.15, 0.2) is 18.2 Å². The lowest BCUT2D eigenvalue weighted by atomic mass is 10.2. The van der Waals surface area contributed by atoms with Gasteiger partial charge in [-0.2, -0.15) is 0 Å². The number of rotatable bonds is 6. The average Bonchev–Trinajstić information content (AvgIpc) is 2.97. The highest BCUT2D eigenvalue weighted by atomic mass is 16.6. The van der Waals surface area contributed by atoms with Gasteiger partial charge in [0.15, 0.2) is 0 Å². The second-order valence-electron chi connectivity index (χ2n) is 7.28. The monoisotopic (exact) mass is 376 g/mol. The van der Waals surface area contributed by atoms with Gasteiger partial charge in [-0.1, -0.05) is 5.92 Å². The number of carbonyl (C=O) groups excluding carboxylic acids is 1. The SMILES string of the molecule is C#CCOc1ccc([N+](=O)[O-])c(OC2CCC(NC(=O)OC(C)(C)C)C2)c1. The van der Waals surface area contributed by atoms with E-state index >= 15 is 0 Å². The molecule has 0 heterocycles. The fourth-order valence-corrected chi connectivity index (χ4v) is 2.79. The Labute approximate surface area is 158 Å². The van der Waals surface area contributed by atoms with Crippen molar-refractivity contribution in [3.05, 3.63) is 28.3 Å². The molecule has 0 aliphatic heterocycles. The average molecular weight is 376 g/mol. The number of carbonyl (C=O) groups is 1. The lowest BCUT2D eigenvalue weighted by molar-refractivity contribution is -0.386. The summed E-state index contributed by atoms with van der Waals surface area (Å²) in [5.74, 6) is 2.86. The Morgan fingerprint density at radius 3 is 2.78 bits per heavy atom. The molecule has 1 aromatic rings. The zero-order valence-corrected chi connectivity index (χ0v) is 15.7. The lowest BCUT2D eigenvalue weighted by Gasteiger charge is -2.21. The molecule has 1 N–H and O–H groups in total. The van der Waals surface area contributed by atoms with Crippen LogP contribution in [0.3, 0.4) is 0 Å². The van der Waals surface area contributed by atoms with E-state index in [9.17, 15) is 14.9 Å². The summed E-state index contributed by atoms with van der Waals surface area (Å²) in [5.41, 5.74) is -0.718. The van der Waals surface area contributed by atoms with Crippen LogP contribution in [-0.4, -0.2) is 35.4 Å². The van der Waals surface area contributed by atoms with Crippen LogP contribution in [0.4, 0.5) is 10.5 Å². The molecule has 1 aromatic carbocycles. The van der Waals surface area contributed by atoms with Crippen LogP contribution in [0.2, 0.25) is 0 Å². The van der Waals surface area contributed by atoms with Crippen LogP contribution in [0, 0.1) is 22.5 Å². The molecule has 146 valence electrons. The molecule has 2 unspecified atom stereocenters. The zero-order valence-electron chi connectivity index (χ0n) is 15.7. The second kappa shape index (κ2) is 8.62. The van der Waals surface area contributed by atoms with Crippen LogP contribution in [0.1, 0.15) is 40.0 Å². The Morgan fingerprint density at radius 1 is 1.41 bits per heavy atom. The first kappa shape index (κ1) is 20.4. The summed E-state index contributed by atoms with van der Waals surface area (Å²) in [7, 11) is 0. The molecule has 0 aromatic heterocycles. The van der Waals surface area contributed by atoms with E-state index < -0.39 is 16.6 Å². The van der Waals surface area contributed by atoms with Crippen molar-refractivity contribution in [3.8, 4) is 23.8 Å². The van der Waals surface area contributed by atoms with Gasteiger partial charge < -0.3 is 19.5 Å². The van der Waals surface area contributed by atoms with Gasteiger partial charge in [0, 0.05) is 24.6 Å². The van der Waals surface area contributed by atoms with Crippen molar-refractivity contribution in [2.24, 2.45) is 0 Å². The van der Waals surface area contributed by atoms with Gasteiger partial charge in [0.05, 0.1) is 4.92 Å². The standard InChI is InChI=1S/C19H24N2O6/c1-5-10-25-14-8-9-16(21(23)24)17(12-14)26-15-7-6-13(11-15)20-18(22)27-19(2,3)4/h1,8-9,12-13,15H,6-7,10-11H2,2-4H3,(H,20,22). The minimum absolute atomic E-state index is 0.0581. The van der Waals surface area contributed by atoms with Crippen LogP contribution < -0.4 is 14.8 Å². The van der Waals surface area contributed by atoms with Crippen molar-refractivity contribution in [1.29, 1.82) is 0 Å². The number of hydrogen-bond acceptors (Lipinski definition) is 6. The van der Waals surface area contributed by atoms with E-state index in [4.69, 9.17) is 20.6 Å². The van der Waals surface area contributed by atoms with E-state index in [0.29, 0.717) is 25.0 Å². The molecule has 1 saturated carbocycles. The number of hydrogen-bond donors (Lipinski definition) is 1. The zero-order chi connectivity index (χ0) is 20.0. The van der Waals surface area contributed by atoms with E-state index in [1.54, 1.807) is 20.8 Å². The summed E-state index contributed by atoms with van der Waals surface area (Å²) in [6.45, 7) is 5.44. The number of nitrogens with one attached hydrogen (secondary N) is 1. The van der Waals surface area contributed by atoms with Crippen LogP contribution in [0.5, 0.6) is 11.5 Å². The molecule has 1 fully saturated rings. The molecular weight excluding hydrogens is 352 g/mol. The fourth-order valence-electron chi connectivity index (χ4n) is 2.79. The van der Waals surface area contributed by atoms with Crippen LogP contribution in [-0.2, 0) is 4.74 Å². The van der Waals surface area contributed by atoms with E-state index in [-0.39, 0.29) is 30.2 Å². The minimum atomic E-state index is -0.571. The summed E-state index contributed by atoms with van der Waals surface area (Å²) in [6, 6.07) is 4.16. The van der Waals surface area contributed by atoms with Crippen molar-refractivity contribution in [2.75, 3.05) is 6.61 Å². The van der Waals surface area contributed by atoms with Gasteiger partial charge in [-0.05, 0) is 39.7 Å². The van der Waals surface area contributed by atoms with Crippen LogP contribution >= 0.6 is 0 Å². The molecule has 27 heavy (non-hydrogen) atoms. The second-order valence-corrected chi connectivity index (χ2v) is 7.28. The van der Waals surface area contributed by atoms with Crippen molar-refractivity contribution < 1.29 is 23.9 Å². The predicted molar refractivity (Wildman–Crippen MR) is 98.8 cm³/mol. The fraction of sp³-hybridized carbons (Fsp3) is 0.526. The molecule has 8 nitrogen and oxygen atoms in total. The minimum Gasteiger partial charge on any atom is -0.483 e.